The Morgan fingerprint density at radius 3 is 3.00 bits per heavy atom. The minimum absolute atomic E-state index is 0.0269. The monoisotopic (exact) mass is 286 g/mol. The SMILES string of the molecule is CC1(CNS(=O)(=O)c2cnccc2NN)CCCO1. The molecule has 2 heterocycles. The number of hydrogen-bond donors (Lipinski definition) is 3. The first kappa shape index (κ1) is 14.2. The highest BCUT2D eigenvalue weighted by Gasteiger charge is 2.32. The molecule has 0 amide bonds. The van der Waals surface area contributed by atoms with E-state index in [1.165, 1.54) is 18.5 Å². The molecular weight excluding hydrogens is 268 g/mol. The van der Waals surface area contributed by atoms with Gasteiger partial charge in [-0.25, -0.2) is 13.1 Å². The zero-order valence-electron chi connectivity index (χ0n) is 10.7. The summed E-state index contributed by atoms with van der Waals surface area (Å²) in [4.78, 5) is 3.84. The zero-order chi connectivity index (χ0) is 13.9. The second-order valence-corrected chi connectivity index (χ2v) is 6.48. The summed E-state index contributed by atoms with van der Waals surface area (Å²) in [5, 5.41) is 0. The summed E-state index contributed by atoms with van der Waals surface area (Å²) in [6.07, 6.45) is 4.51. The molecule has 1 aromatic heterocycles. The van der Waals surface area contributed by atoms with Gasteiger partial charge in [-0.05, 0) is 25.8 Å². The van der Waals surface area contributed by atoms with E-state index in [-0.39, 0.29) is 11.4 Å². The first-order valence-electron chi connectivity index (χ1n) is 6.01. The normalized spacial score (nSPS) is 23.5. The summed E-state index contributed by atoms with van der Waals surface area (Å²) >= 11 is 0. The number of hydrazine groups is 1. The van der Waals surface area contributed by atoms with Crippen LogP contribution in [0.4, 0.5) is 5.69 Å². The number of nitrogens with two attached hydrogens (primary N) is 1. The molecule has 1 fully saturated rings. The molecule has 19 heavy (non-hydrogen) atoms. The van der Waals surface area contributed by atoms with Crippen molar-refractivity contribution in [3.63, 3.8) is 0 Å². The molecule has 0 spiro atoms. The van der Waals surface area contributed by atoms with Crippen LogP contribution < -0.4 is 16.0 Å². The van der Waals surface area contributed by atoms with E-state index in [2.05, 4.69) is 15.1 Å². The third-order valence-corrected chi connectivity index (χ3v) is 4.59. The van der Waals surface area contributed by atoms with Crippen molar-refractivity contribution < 1.29 is 13.2 Å². The smallest absolute Gasteiger partial charge is 0.244 e. The van der Waals surface area contributed by atoms with E-state index in [0.29, 0.717) is 12.3 Å². The van der Waals surface area contributed by atoms with Gasteiger partial charge in [0.25, 0.3) is 0 Å². The van der Waals surface area contributed by atoms with E-state index >= 15 is 0 Å². The van der Waals surface area contributed by atoms with E-state index in [4.69, 9.17) is 10.6 Å². The zero-order valence-corrected chi connectivity index (χ0v) is 11.5. The summed E-state index contributed by atoms with van der Waals surface area (Å²) in [6.45, 7) is 2.79. The van der Waals surface area contributed by atoms with Gasteiger partial charge in [-0.2, -0.15) is 0 Å². The molecule has 1 unspecified atom stereocenters. The van der Waals surface area contributed by atoms with Crippen LogP contribution in [0.1, 0.15) is 19.8 Å². The largest absolute Gasteiger partial charge is 0.374 e. The van der Waals surface area contributed by atoms with Crippen molar-refractivity contribution in [3.05, 3.63) is 18.5 Å². The first-order valence-corrected chi connectivity index (χ1v) is 7.49. The Morgan fingerprint density at radius 1 is 1.58 bits per heavy atom. The summed E-state index contributed by atoms with van der Waals surface area (Å²) in [5.74, 6) is 5.30. The molecule has 0 bridgehead atoms. The second-order valence-electron chi connectivity index (χ2n) is 4.74. The van der Waals surface area contributed by atoms with E-state index in [9.17, 15) is 8.42 Å². The van der Waals surface area contributed by atoms with Crippen molar-refractivity contribution in [2.75, 3.05) is 18.6 Å². The summed E-state index contributed by atoms with van der Waals surface area (Å²) in [7, 11) is -3.66. The Labute approximate surface area is 112 Å². The van der Waals surface area contributed by atoms with Gasteiger partial charge in [0.15, 0.2) is 0 Å². The standard InChI is InChI=1S/C11H18N4O3S/c1-11(4-2-6-18-11)8-14-19(16,17)10-7-13-5-3-9(10)15-12/h3,5,7,14H,2,4,6,8,12H2,1H3,(H,13,15). The molecule has 1 saturated heterocycles. The average Bonchev–Trinajstić information content (AvgIpc) is 2.84. The maximum atomic E-state index is 12.2. The van der Waals surface area contributed by atoms with Crippen molar-refractivity contribution >= 4 is 15.7 Å². The molecule has 0 aliphatic carbocycles. The molecule has 0 aromatic carbocycles. The first-order chi connectivity index (χ1) is 8.97. The lowest BCUT2D eigenvalue weighted by Gasteiger charge is -2.23. The van der Waals surface area contributed by atoms with Crippen molar-refractivity contribution in [2.45, 2.75) is 30.3 Å². The Kier molecular flexibility index (Phi) is 4.04. The van der Waals surface area contributed by atoms with Crippen LogP contribution in [0.2, 0.25) is 0 Å². The number of anilines is 1. The van der Waals surface area contributed by atoms with Crippen LogP contribution in [0.5, 0.6) is 0 Å². The van der Waals surface area contributed by atoms with E-state index in [0.717, 1.165) is 12.8 Å². The van der Waals surface area contributed by atoms with Crippen LogP contribution in [0.3, 0.4) is 0 Å². The number of rotatable bonds is 5. The van der Waals surface area contributed by atoms with Gasteiger partial charge < -0.3 is 10.2 Å². The number of aromatic nitrogens is 1. The highest BCUT2D eigenvalue weighted by atomic mass is 32.2. The third-order valence-electron chi connectivity index (χ3n) is 3.17. The number of nitrogens with one attached hydrogen (secondary N) is 2. The predicted molar refractivity (Wildman–Crippen MR) is 70.8 cm³/mol. The quantitative estimate of drug-likeness (QED) is 0.528. The molecule has 1 aliphatic heterocycles. The fourth-order valence-electron chi connectivity index (χ4n) is 2.02. The maximum absolute atomic E-state index is 12.2. The number of nitrogen functional groups attached to an aromatic ring is 1. The van der Waals surface area contributed by atoms with Crippen LogP contribution in [-0.4, -0.2) is 32.2 Å². The fourth-order valence-corrected chi connectivity index (χ4v) is 3.28. The number of nitrogens with zero attached hydrogens (tertiary/aromatic N) is 1. The Morgan fingerprint density at radius 2 is 2.37 bits per heavy atom. The van der Waals surface area contributed by atoms with Crippen molar-refractivity contribution in [3.8, 4) is 0 Å². The highest BCUT2D eigenvalue weighted by molar-refractivity contribution is 7.89. The van der Waals surface area contributed by atoms with Gasteiger partial charge in [0.2, 0.25) is 10.0 Å². The molecule has 1 aliphatic rings. The minimum Gasteiger partial charge on any atom is -0.374 e. The summed E-state index contributed by atoms with van der Waals surface area (Å²) in [6, 6.07) is 1.50. The molecule has 0 saturated carbocycles. The van der Waals surface area contributed by atoms with E-state index in [1.54, 1.807) is 0 Å². The molecule has 106 valence electrons. The van der Waals surface area contributed by atoms with Gasteiger partial charge in [0.1, 0.15) is 4.90 Å². The van der Waals surface area contributed by atoms with Crippen molar-refractivity contribution in [1.29, 1.82) is 0 Å². The maximum Gasteiger partial charge on any atom is 0.244 e. The molecular formula is C11H18N4O3S. The Hall–Kier alpha value is -1.22. The molecule has 1 aromatic rings. The van der Waals surface area contributed by atoms with E-state index < -0.39 is 15.6 Å². The van der Waals surface area contributed by atoms with Gasteiger partial charge in [0, 0.05) is 25.5 Å². The van der Waals surface area contributed by atoms with Gasteiger partial charge in [0.05, 0.1) is 11.3 Å². The lowest BCUT2D eigenvalue weighted by molar-refractivity contribution is 0.0250. The number of pyridine rings is 1. The molecule has 2 rings (SSSR count). The Bertz CT molecular complexity index is 541. The van der Waals surface area contributed by atoms with E-state index in [1.807, 2.05) is 6.92 Å². The molecule has 4 N–H and O–H groups in total. The van der Waals surface area contributed by atoms with Crippen LogP contribution in [-0.2, 0) is 14.8 Å². The molecule has 0 radical (unpaired) electrons. The van der Waals surface area contributed by atoms with Gasteiger partial charge in [-0.3, -0.25) is 10.8 Å². The lowest BCUT2D eigenvalue weighted by Crippen LogP contribution is -2.40. The molecule has 7 nitrogen and oxygen atoms in total. The summed E-state index contributed by atoms with van der Waals surface area (Å²) in [5.41, 5.74) is 2.22. The van der Waals surface area contributed by atoms with Crippen LogP contribution in [0, 0.1) is 0 Å². The highest BCUT2D eigenvalue weighted by Crippen LogP contribution is 2.25. The van der Waals surface area contributed by atoms with Gasteiger partial charge in [-0.15, -0.1) is 0 Å². The van der Waals surface area contributed by atoms with Crippen LogP contribution >= 0.6 is 0 Å². The van der Waals surface area contributed by atoms with Gasteiger partial charge >= 0.3 is 0 Å². The number of sulfonamides is 1. The predicted octanol–water partition coefficient (Wildman–Crippen LogP) is 0.215. The van der Waals surface area contributed by atoms with Crippen molar-refractivity contribution in [2.24, 2.45) is 5.84 Å². The van der Waals surface area contributed by atoms with Gasteiger partial charge in [-0.1, -0.05) is 0 Å². The topological polar surface area (TPSA) is 106 Å². The Balaban J connectivity index is 2.14. The second kappa shape index (κ2) is 5.41. The van der Waals surface area contributed by atoms with Crippen molar-refractivity contribution in [1.82, 2.24) is 9.71 Å². The summed E-state index contributed by atoms with van der Waals surface area (Å²) < 4.78 is 32.5. The molecule has 1 atom stereocenters. The molecule has 8 heteroatoms. The fraction of sp³-hybridized carbons (Fsp3) is 0.545. The average molecular weight is 286 g/mol. The van der Waals surface area contributed by atoms with Crippen LogP contribution in [0.25, 0.3) is 0 Å². The minimum atomic E-state index is -3.66. The van der Waals surface area contributed by atoms with Crippen LogP contribution in [0.15, 0.2) is 23.4 Å². The number of hydrogen-bond acceptors (Lipinski definition) is 6. The number of ether oxygens (including phenoxy) is 1. The third kappa shape index (κ3) is 3.21. The lowest BCUT2D eigenvalue weighted by atomic mass is 10.0.